The highest BCUT2D eigenvalue weighted by Crippen LogP contribution is 2.19. The Balaban J connectivity index is 0.00000338. The molecule has 1 aromatic carbocycles. The van der Waals surface area contributed by atoms with Gasteiger partial charge in [0.15, 0.2) is 5.96 Å². The van der Waals surface area contributed by atoms with Crippen molar-refractivity contribution in [2.24, 2.45) is 10.9 Å². The summed E-state index contributed by atoms with van der Waals surface area (Å²) in [4.78, 5) is 9.48. The molecule has 4 nitrogen and oxygen atoms in total. The van der Waals surface area contributed by atoms with Crippen LogP contribution in [-0.4, -0.2) is 62.1 Å². The SMILES string of the molecule is CCN(CC)CC1CCN(C(=NC)NCC(C)c2cccc(C)c2)C1.I. The second-order valence-corrected chi connectivity index (χ2v) is 7.33. The van der Waals surface area contributed by atoms with E-state index in [2.05, 4.69) is 72.1 Å². The summed E-state index contributed by atoms with van der Waals surface area (Å²) < 4.78 is 0. The first-order valence-corrected chi connectivity index (χ1v) is 9.81. The summed E-state index contributed by atoms with van der Waals surface area (Å²) in [6.45, 7) is 15.6. The summed E-state index contributed by atoms with van der Waals surface area (Å²) >= 11 is 0. The van der Waals surface area contributed by atoms with E-state index in [1.165, 1.54) is 24.1 Å². The van der Waals surface area contributed by atoms with Crippen LogP contribution in [0, 0.1) is 12.8 Å². The standard InChI is InChI=1S/C21H36N4.HI/c1-6-24(7-2)15-19-11-12-25(16-19)21(22-5)23-14-18(4)20-10-8-9-17(3)13-20;/h8-10,13,18-19H,6-7,11-12,14-16H2,1-5H3,(H,22,23);1H. The third kappa shape index (κ3) is 6.72. The summed E-state index contributed by atoms with van der Waals surface area (Å²) in [5.74, 6) is 2.29. The number of hydrogen-bond acceptors (Lipinski definition) is 2. The van der Waals surface area contributed by atoms with Gasteiger partial charge < -0.3 is 15.1 Å². The Morgan fingerprint density at radius 1 is 1.35 bits per heavy atom. The Bertz CT molecular complexity index is 557. The second-order valence-electron chi connectivity index (χ2n) is 7.33. The van der Waals surface area contributed by atoms with Crippen molar-refractivity contribution in [2.75, 3.05) is 46.3 Å². The van der Waals surface area contributed by atoms with Gasteiger partial charge in [-0.3, -0.25) is 4.99 Å². The van der Waals surface area contributed by atoms with Gasteiger partial charge in [0.1, 0.15) is 0 Å². The third-order valence-electron chi connectivity index (χ3n) is 5.39. The smallest absolute Gasteiger partial charge is 0.193 e. The average molecular weight is 472 g/mol. The number of aryl methyl sites for hydroxylation is 1. The van der Waals surface area contributed by atoms with Crippen LogP contribution in [-0.2, 0) is 0 Å². The molecule has 1 aliphatic heterocycles. The zero-order chi connectivity index (χ0) is 18.2. The van der Waals surface area contributed by atoms with Gasteiger partial charge in [-0.05, 0) is 43.8 Å². The zero-order valence-electron chi connectivity index (χ0n) is 17.2. The molecule has 0 bridgehead atoms. The molecule has 1 heterocycles. The largest absolute Gasteiger partial charge is 0.356 e. The van der Waals surface area contributed by atoms with Gasteiger partial charge in [0.25, 0.3) is 0 Å². The molecule has 0 spiro atoms. The minimum absolute atomic E-state index is 0. The highest BCUT2D eigenvalue weighted by atomic mass is 127. The van der Waals surface area contributed by atoms with Crippen LogP contribution < -0.4 is 5.32 Å². The maximum Gasteiger partial charge on any atom is 0.193 e. The van der Waals surface area contributed by atoms with Crippen molar-refractivity contribution in [2.45, 2.75) is 40.0 Å². The molecule has 0 aromatic heterocycles. The van der Waals surface area contributed by atoms with E-state index in [1.807, 2.05) is 7.05 Å². The number of benzene rings is 1. The Labute approximate surface area is 177 Å². The van der Waals surface area contributed by atoms with Crippen LogP contribution in [0.25, 0.3) is 0 Å². The molecule has 1 fully saturated rings. The molecule has 1 saturated heterocycles. The molecule has 148 valence electrons. The van der Waals surface area contributed by atoms with Crippen LogP contribution in [0.5, 0.6) is 0 Å². The van der Waals surface area contributed by atoms with Crippen molar-refractivity contribution in [3.05, 3.63) is 35.4 Å². The third-order valence-corrected chi connectivity index (χ3v) is 5.39. The number of hydrogen-bond donors (Lipinski definition) is 1. The van der Waals surface area contributed by atoms with Gasteiger partial charge in [0.05, 0.1) is 0 Å². The van der Waals surface area contributed by atoms with Crippen LogP contribution in [0.1, 0.15) is 44.2 Å². The van der Waals surface area contributed by atoms with Gasteiger partial charge in [-0.25, -0.2) is 0 Å². The van der Waals surface area contributed by atoms with E-state index >= 15 is 0 Å². The van der Waals surface area contributed by atoms with Crippen LogP contribution in [0.2, 0.25) is 0 Å². The van der Waals surface area contributed by atoms with Crippen LogP contribution in [0.15, 0.2) is 29.3 Å². The number of likely N-dealkylation sites (tertiary alicyclic amines) is 1. The second kappa shape index (κ2) is 11.8. The monoisotopic (exact) mass is 472 g/mol. The lowest BCUT2D eigenvalue weighted by molar-refractivity contribution is 0.255. The summed E-state index contributed by atoms with van der Waals surface area (Å²) in [7, 11) is 1.90. The fourth-order valence-electron chi connectivity index (χ4n) is 3.69. The van der Waals surface area contributed by atoms with Gasteiger partial charge >= 0.3 is 0 Å². The van der Waals surface area contributed by atoms with Crippen molar-refractivity contribution in [1.82, 2.24) is 15.1 Å². The summed E-state index contributed by atoms with van der Waals surface area (Å²) in [6, 6.07) is 8.81. The van der Waals surface area contributed by atoms with Crippen LogP contribution in [0.3, 0.4) is 0 Å². The fourth-order valence-corrected chi connectivity index (χ4v) is 3.69. The Hall–Kier alpha value is -0.820. The number of nitrogens with one attached hydrogen (secondary N) is 1. The molecule has 5 heteroatoms. The molecule has 2 unspecified atom stereocenters. The predicted octanol–water partition coefficient (Wildman–Crippen LogP) is 3.96. The minimum atomic E-state index is 0. The van der Waals surface area contributed by atoms with E-state index in [9.17, 15) is 0 Å². The summed E-state index contributed by atoms with van der Waals surface area (Å²) in [5, 5.41) is 3.59. The lowest BCUT2D eigenvalue weighted by atomic mass is 9.99. The fraction of sp³-hybridized carbons (Fsp3) is 0.667. The van der Waals surface area contributed by atoms with Gasteiger partial charge in [-0.15, -0.1) is 24.0 Å². The molecule has 0 saturated carbocycles. The molecule has 0 radical (unpaired) electrons. The molecule has 2 atom stereocenters. The number of nitrogens with zero attached hydrogens (tertiary/aromatic N) is 3. The first-order valence-electron chi connectivity index (χ1n) is 9.81. The molecule has 2 rings (SSSR count). The first kappa shape index (κ1) is 23.2. The number of guanidine groups is 1. The van der Waals surface area contributed by atoms with E-state index < -0.39 is 0 Å². The number of rotatable bonds is 7. The maximum atomic E-state index is 4.53. The molecule has 1 aliphatic rings. The van der Waals surface area contributed by atoms with Crippen molar-refractivity contribution in [1.29, 1.82) is 0 Å². The molecular weight excluding hydrogens is 435 g/mol. The topological polar surface area (TPSA) is 30.9 Å². The quantitative estimate of drug-likeness (QED) is 0.371. The Kier molecular flexibility index (Phi) is 10.5. The van der Waals surface area contributed by atoms with Gasteiger partial charge in [0.2, 0.25) is 0 Å². The van der Waals surface area contributed by atoms with Crippen molar-refractivity contribution in [3.63, 3.8) is 0 Å². The van der Waals surface area contributed by atoms with E-state index in [1.54, 1.807) is 0 Å². The molecule has 0 amide bonds. The molecular formula is C21H37IN4. The van der Waals surface area contributed by atoms with Crippen molar-refractivity contribution < 1.29 is 0 Å². The Morgan fingerprint density at radius 3 is 2.69 bits per heavy atom. The van der Waals surface area contributed by atoms with Crippen molar-refractivity contribution >= 4 is 29.9 Å². The van der Waals surface area contributed by atoms with Gasteiger partial charge in [0, 0.05) is 33.2 Å². The maximum absolute atomic E-state index is 4.53. The number of aliphatic imine (C=N–C) groups is 1. The van der Waals surface area contributed by atoms with Crippen LogP contribution in [0.4, 0.5) is 0 Å². The molecule has 26 heavy (non-hydrogen) atoms. The van der Waals surface area contributed by atoms with E-state index in [0.717, 1.165) is 44.6 Å². The Morgan fingerprint density at radius 2 is 2.08 bits per heavy atom. The van der Waals surface area contributed by atoms with E-state index in [-0.39, 0.29) is 24.0 Å². The first-order chi connectivity index (χ1) is 12.1. The van der Waals surface area contributed by atoms with E-state index in [0.29, 0.717) is 5.92 Å². The highest BCUT2D eigenvalue weighted by molar-refractivity contribution is 14.0. The zero-order valence-corrected chi connectivity index (χ0v) is 19.5. The molecule has 0 aliphatic carbocycles. The minimum Gasteiger partial charge on any atom is -0.356 e. The molecule has 1 aromatic rings. The highest BCUT2D eigenvalue weighted by Gasteiger charge is 2.26. The number of halogens is 1. The van der Waals surface area contributed by atoms with Crippen molar-refractivity contribution in [3.8, 4) is 0 Å². The average Bonchev–Trinajstić information content (AvgIpc) is 3.08. The van der Waals surface area contributed by atoms with Gasteiger partial charge in [-0.1, -0.05) is 50.6 Å². The normalized spacial score (nSPS) is 18.8. The van der Waals surface area contributed by atoms with Crippen LogP contribution >= 0.6 is 24.0 Å². The molecule has 1 N–H and O–H groups in total. The summed E-state index contributed by atoms with van der Waals surface area (Å²) in [6.07, 6.45) is 1.27. The van der Waals surface area contributed by atoms with Gasteiger partial charge in [-0.2, -0.15) is 0 Å². The lowest BCUT2D eigenvalue weighted by Gasteiger charge is -2.25. The lowest BCUT2D eigenvalue weighted by Crippen LogP contribution is -2.42. The summed E-state index contributed by atoms with van der Waals surface area (Å²) in [5.41, 5.74) is 2.72. The predicted molar refractivity (Wildman–Crippen MR) is 124 cm³/mol. The van der Waals surface area contributed by atoms with E-state index in [4.69, 9.17) is 0 Å².